The number of hydrogen-bond acceptors (Lipinski definition) is 5. The summed E-state index contributed by atoms with van der Waals surface area (Å²) >= 11 is 0. The van der Waals surface area contributed by atoms with Gasteiger partial charge in [0.1, 0.15) is 11.5 Å². The van der Waals surface area contributed by atoms with Gasteiger partial charge in [0.05, 0.1) is 19.9 Å². The molecule has 8 heteroatoms. The number of benzene rings is 2. The van der Waals surface area contributed by atoms with Crippen molar-refractivity contribution in [1.82, 2.24) is 20.4 Å². The summed E-state index contributed by atoms with van der Waals surface area (Å²) in [5.74, 6) is 2.44. The second-order valence-corrected chi connectivity index (χ2v) is 8.02. The van der Waals surface area contributed by atoms with Crippen LogP contribution in [0.2, 0.25) is 0 Å². The molecule has 1 saturated heterocycles. The summed E-state index contributed by atoms with van der Waals surface area (Å²) in [6.07, 6.45) is 5.78. The van der Waals surface area contributed by atoms with Crippen LogP contribution >= 0.6 is 0 Å². The number of anilines is 1. The minimum atomic E-state index is 0.371. The number of hydrogen-bond donors (Lipinski definition) is 2. The van der Waals surface area contributed by atoms with Crippen molar-refractivity contribution in [2.45, 2.75) is 25.4 Å². The standard InChI is InChI=1S/C25H32N6O2/c1-26-25(27-18-19-6-4-7-21(14-19)31-11-5-10-28-31)29-20-8-12-30(13-9-20)22-15-23(32-2)17-24(16-22)33-3/h4-7,10-11,14-17,20H,8-9,12-13,18H2,1-3H3,(H2,26,27,29). The fourth-order valence-corrected chi connectivity index (χ4v) is 4.06. The number of methoxy groups -OCH3 is 2. The Morgan fingerprint density at radius 3 is 2.42 bits per heavy atom. The normalized spacial score (nSPS) is 14.8. The molecule has 0 unspecified atom stereocenters. The molecule has 1 aromatic heterocycles. The highest BCUT2D eigenvalue weighted by Crippen LogP contribution is 2.30. The van der Waals surface area contributed by atoms with E-state index in [0.717, 1.165) is 54.8 Å². The zero-order valence-electron chi connectivity index (χ0n) is 19.5. The molecule has 0 radical (unpaired) electrons. The van der Waals surface area contributed by atoms with Gasteiger partial charge in [-0.25, -0.2) is 4.68 Å². The van der Waals surface area contributed by atoms with Crippen molar-refractivity contribution >= 4 is 11.6 Å². The molecule has 0 atom stereocenters. The predicted octanol–water partition coefficient (Wildman–Crippen LogP) is 3.22. The second kappa shape index (κ2) is 10.8. The molecule has 3 aromatic rings. The van der Waals surface area contributed by atoms with E-state index in [4.69, 9.17) is 9.47 Å². The molecular weight excluding hydrogens is 416 g/mol. The third kappa shape index (κ3) is 5.77. The van der Waals surface area contributed by atoms with Crippen molar-refractivity contribution in [2.24, 2.45) is 4.99 Å². The minimum absolute atomic E-state index is 0.371. The van der Waals surface area contributed by atoms with Crippen LogP contribution in [0, 0.1) is 0 Å². The second-order valence-electron chi connectivity index (χ2n) is 8.02. The van der Waals surface area contributed by atoms with Crippen molar-refractivity contribution in [3.63, 3.8) is 0 Å². The molecule has 0 aliphatic carbocycles. The van der Waals surface area contributed by atoms with E-state index in [1.54, 1.807) is 20.4 Å². The molecule has 2 N–H and O–H groups in total. The van der Waals surface area contributed by atoms with Gasteiger partial charge in [-0.15, -0.1) is 0 Å². The predicted molar refractivity (Wildman–Crippen MR) is 132 cm³/mol. The smallest absolute Gasteiger partial charge is 0.191 e. The van der Waals surface area contributed by atoms with Crippen LogP contribution in [0.5, 0.6) is 11.5 Å². The SMILES string of the molecule is CN=C(NCc1cccc(-n2cccn2)c1)NC1CCN(c2cc(OC)cc(OC)c2)CC1. The Kier molecular flexibility index (Phi) is 7.34. The van der Waals surface area contributed by atoms with Crippen LogP contribution in [0.4, 0.5) is 5.69 Å². The Morgan fingerprint density at radius 2 is 1.79 bits per heavy atom. The van der Waals surface area contributed by atoms with Crippen LogP contribution in [0.3, 0.4) is 0 Å². The summed E-state index contributed by atoms with van der Waals surface area (Å²) in [7, 11) is 5.18. The Morgan fingerprint density at radius 1 is 1.03 bits per heavy atom. The number of aromatic nitrogens is 2. The molecule has 0 amide bonds. The molecule has 0 saturated carbocycles. The highest BCUT2D eigenvalue weighted by Gasteiger charge is 2.21. The van der Waals surface area contributed by atoms with E-state index in [9.17, 15) is 0 Å². The first-order valence-corrected chi connectivity index (χ1v) is 11.2. The van der Waals surface area contributed by atoms with Gasteiger partial charge in [-0.05, 0) is 36.6 Å². The zero-order chi connectivity index (χ0) is 23.0. The Balaban J connectivity index is 1.30. The van der Waals surface area contributed by atoms with Crippen LogP contribution in [-0.2, 0) is 6.54 Å². The maximum absolute atomic E-state index is 5.42. The number of guanidine groups is 1. The summed E-state index contributed by atoms with van der Waals surface area (Å²) in [5, 5.41) is 11.3. The fourth-order valence-electron chi connectivity index (χ4n) is 4.06. The van der Waals surface area contributed by atoms with Gasteiger partial charge in [-0.2, -0.15) is 5.10 Å². The Labute approximate surface area is 195 Å². The quantitative estimate of drug-likeness (QED) is 0.427. The van der Waals surface area contributed by atoms with Gasteiger partial charge in [-0.1, -0.05) is 12.1 Å². The van der Waals surface area contributed by atoms with E-state index in [1.807, 2.05) is 36.1 Å². The summed E-state index contributed by atoms with van der Waals surface area (Å²) in [6.45, 7) is 2.60. The van der Waals surface area contributed by atoms with E-state index in [0.29, 0.717) is 12.6 Å². The molecule has 4 rings (SSSR count). The van der Waals surface area contributed by atoms with Gasteiger partial charge < -0.3 is 25.0 Å². The highest BCUT2D eigenvalue weighted by molar-refractivity contribution is 5.80. The highest BCUT2D eigenvalue weighted by atomic mass is 16.5. The lowest BCUT2D eigenvalue weighted by Crippen LogP contribution is -2.48. The number of ether oxygens (including phenoxy) is 2. The van der Waals surface area contributed by atoms with Crippen molar-refractivity contribution < 1.29 is 9.47 Å². The van der Waals surface area contributed by atoms with Crippen LogP contribution < -0.4 is 25.0 Å². The molecule has 0 spiro atoms. The van der Waals surface area contributed by atoms with Gasteiger partial charge in [0, 0.05) is 69.0 Å². The molecular formula is C25H32N6O2. The van der Waals surface area contributed by atoms with E-state index < -0.39 is 0 Å². The number of nitrogens with zero attached hydrogens (tertiary/aromatic N) is 4. The molecule has 8 nitrogen and oxygen atoms in total. The molecule has 1 fully saturated rings. The van der Waals surface area contributed by atoms with E-state index in [-0.39, 0.29) is 0 Å². The summed E-state index contributed by atoms with van der Waals surface area (Å²) in [4.78, 5) is 6.80. The monoisotopic (exact) mass is 448 g/mol. The lowest BCUT2D eigenvalue weighted by molar-refractivity contribution is 0.393. The van der Waals surface area contributed by atoms with E-state index >= 15 is 0 Å². The van der Waals surface area contributed by atoms with E-state index in [1.165, 1.54) is 5.56 Å². The van der Waals surface area contributed by atoms with Gasteiger partial charge in [0.2, 0.25) is 0 Å². The summed E-state index contributed by atoms with van der Waals surface area (Å²) in [5.41, 5.74) is 3.35. The minimum Gasteiger partial charge on any atom is -0.497 e. The largest absolute Gasteiger partial charge is 0.497 e. The molecule has 2 heterocycles. The van der Waals surface area contributed by atoms with Crippen LogP contribution in [-0.4, -0.2) is 56.1 Å². The number of rotatable bonds is 7. The summed E-state index contributed by atoms with van der Waals surface area (Å²) < 4.78 is 12.7. The van der Waals surface area contributed by atoms with Gasteiger partial charge in [0.25, 0.3) is 0 Å². The average molecular weight is 449 g/mol. The molecule has 2 aromatic carbocycles. The Hall–Kier alpha value is -3.68. The Bertz CT molecular complexity index is 1040. The number of aliphatic imine (C=N–C) groups is 1. The van der Waals surface area contributed by atoms with E-state index in [2.05, 4.69) is 56.0 Å². The van der Waals surface area contributed by atoms with Gasteiger partial charge in [0.15, 0.2) is 5.96 Å². The first kappa shape index (κ1) is 22.5. The maximum atomic E-state index is 5.42. The van der Waals surface area contributed by atoms with Crippen LogP contribution in [0.25, 0.3) is 5.69 Å². The molecule has 174 valence electrons. The van der Waals surface area contributed by atoms with Gasteiger partial charge in [-0.3, -0.25) is 4.99 Å². The molecule has 33 heavy (non-hydrogen) atoms. The molecule has 0 bridgehead atoms. The molecule has 1 aliphatic rings. The number of piperidine rings is 1. The maximum Gasteiger partial charge on any atom is 0.191 e. The first-order valence-electron chi connectivity index (χ1n) is 11.2. The third-order valence-corrected chi connectivity index (χ3v) is 5.90. The lowest BCUT2D eigenvalue weighted by Gasteiger charge is -2.34. The first-order chi connectivity index (χ1) is 16.2. The van der Waals surface area contributed by atoms with Crippen molar-refractivity contribution in [2.75, 3.05) is 39.3 Å². The summed E-state index contributed by atoms with van der Waals surface area (Å²) in [6, 6.07) is 16.7. The van der Waals surface area contributed by atoms with Crippen molar-refractivity contribution in [1.29, 1.82) is 0 Å². The fraction of sp³-hybridized carbons (Fsp3) is 0.360. The van der Waals surface area contributed by atoms with Crippen molar-refractivity contribution in [3.05, 3.63) is 66.5 Å². The van der Waals surface area contributed by atoms with Crippen molar-refractivity contribution in [3.8, 4) is 17.2 Å². The van der Waals surface area contributed by atoms with Crippen LogP contribution in [0.15, 0.2) is 65.9 Å². The topological polar surface area (TPSA) is 75.9 Å². The zero-order valence-corrected chi connectivity index (χ0v) is 19.5. The number of nitrogens with one attached hydrogen (secondary N) is 2. The van der Waals surface area contributed by atoms with Crippen LogP contribution in [0.1, 0.15) is 18.4 Å². The third-order valence-electron chi connectivity index (χ3n) is 5.90. The molecule has 1 aliphatic heterocycles. The average Bonchev–Trinajstić information content (AvgIpc) is 3.42. The lowest BCUT2D eigenvalue weighted by atomic mass is 10.0. The van der Waals surface area contributed by atoms with Gasteiger partial charge >= 0.3 is 0 Å².